The third-order valence-corrected chi connectivity index (χ3v) is 5.19. The molecule has 0 radical (unpaired) electrons. The zero-order valence-corrected chi connectivity index (χ0v) is 16.8. The summed E-state index contributed by atoms with van der Waals surface area (Å²) in [4.78, 5) is 13.0. The molecule has 0 atom stereocenters. The first-order chi connectivity index (χ1) is 14.0. The zero-order valence-electron chi connectivity index (χ0n) is 15.2. The number of benzene rings is 2. The molecule has 3 N–H and O–H groups in total. The van der Waals surface area contributed by atoms with Crippen molar-refractivity contribution in [1.82, 2.24) is 15.0 Å². The molecule has 2 aromatic heterocycles. The lowest BCUT2D eigenvalue weighted by Crippen LogP contribution is -1.95. The van der Waals surface area contributed by atoms with Crippen LogP contribution in [-0.4, -0.2) is 22.1 Å². The number of pyridine rings is 1. The van der Waals surface area contributed by atoms with Gasteiger partial charge >= 0.3 is 0 Å². The summed E-state index contributed by atoms with van der Waals surface area (Å²) < 4.78 is 22.9. The van der Waals surface area contributed by atoms with Crippen molar-refractivity contribution in [2.24, 2.45) is 0 Å². The van der Waals surface area contributed by atoms with Crippen molar-refractivity contribution >= 4 is 46.1 Å². The maximum absolute atomic E-state index is 14.5. The molecule has 0 saturated carbocycles. The monoisotopic (exact) mass is 427 g/mol. The Hall–Kier alpha value is -3.10. The van der Waals surface area contributed by atoms with E-state index in [4.69, 9.17) is 22.1 Å². The Morgan fingerprint density at radius 2 is 1.97 bits per heavy atom. The van der Waals surface area contributed by atoms with Crippen LogP contribution >= 0.6 is 23.5 Å². The van der Waals surface area contributed by atoms with Crippen molar-refractivity contribution in [3.8, 4) is 17.0 Å². The molecular formula is C20H15ClFN5OS. The van der Waals surface area contributed by atoms with E-state index in [9.17, 15) is 4.39 Å². The van der Waals surface area contributed by atoms with Crippen LogP contribution in [0.3, 0.4) is 0 Å². The van der Waals surface area contributed by atoms with Crippen LogP contribution in [0, 0.1) is 5.82 Å². The van der Waals surface area contributed by atoms with Gasteiger partial charge in [0.1, 0.15) is 5.82 Å². The van der Waals surface area contributed by atoms with Crippen molar-refractivity contribution in [1.29, 1.82) is 0 Å². The minimum absolute atomic E-state index is 0.200. The predicted octanol–water partition coefficient (Wildman–Crippen LogP) is 5.19. The molecule has 4 aromatic rings. The van der Waals surface area contributed by atoms with Crippen LogP contribution in [-0.2, 0) is 0 Å². The summed E-state index contributed by atoms with van der Waals surface area (Å²) in [5.41, 5.74) is 8.18. The summed E-state index contributed by atoms with van der Waals surface area (Å²) in [6, 6.07) is 12.0. The van der Waals surface area contributed by atoms with E-state index >= 15 is 0 Å². The van der Waals surface area contributed by atoms with Gasteiger partial charge in [0.05, 0.1) is 22.5 Å². The maximum Gasteiger partial charge on any atom is 0.228 e. The fourth-order valence-corrected chi connectivity index (χ4v) is 3.76. The number of hydrogen-bond acceptors (Lipinski definition) is 7. The number of nitrogens with zero attached hydrogens (tertiary/aromatic N) is 3. The van der Waals surface area contributed by atoms with Gasteiger partial charge in [-0.2, -0.15) is 0 Å². The molecule has 29 heavy (non-hydrogen) atoms. The van der Waals surface area contributed by atoms with E-state index < -0.39 is 0 Å². The van der Waals surface area contributed by atoms with Crippen molar-refractivity contribution in [2.45, 2.75) is 4.90 Å². The second kappa shape index (κ2) is 8.10. The van der Waals surface area contributed by atoms with Gasteiger partial charge in [-0.15, -0.1) is 0 Å². The highest BCUT2D eigenvalue weighted by Gasteiger charge is 2.10. The number of methoxy groups -OCH3 is 1. The average Bonchev–Trinajstić information content (AvgIpc) is 2.73. The summed E-state index contributed by atoms with van der Waals surface area (Å²) >= 11 is 7.29. The van der Waals surface area contributed by atoms with E-state index in [2.05, 4.69) is 19.7 Å². The van der Waals surface area contributed by atoms with Gasteiger partial charge in [0, 0.05) is 29.0 Å². The van der Waals surface area contributed by atoms with E-state index in [1.165, 1.54) is 31.3 Å². The van der Waals surface area contributed by atoms with Crippen LogP contribution in [0.15, 0.2) is 59.8 Å². The first kappa shape index (κ1) is 19.2. The van der Waals surface area contributed by atoms with Gasteiger partial charge in [-0.3, -0.25) is 0 Å². The van der Waals surface area contributed by atoms with Crippen LogP contribution in [0.2, 0.25) is 5.02 Å². The average molecular weight is 428 g/mol. The van der Waals surface area contributed by atoms with Crippen LogP contribution in [0.25, 0.3) is 22.0 Å². The van der Waals surface area contributed by atoms with Gasteiger partial charge in [-0.1, -0.05) is 17.7 Å². The summed E-state index contributed by atoms with van der Waals surface area (Å²) in [5, 5.41) is 1.27. The van der Waals surface area contributed by atoms with Crippen LogP contribution < -0.4 is 15.2 Å². The summed E-state index contributed by atoms with van der Waals surface area (Å²) in [6.07, 6.45) is 3.13. The Bertz CT molecular complexity index is 1210. The number of anilines is 2. The first-order valence-electron chi connectivity index (χ1n) is 8.48. The molecule has 0 amide bonds. The highest BCUT2D eigenvalue weighted by atomic mass is 35.5. The standard InChI is InChI=1S/C20H15ClFN5OS/c1-28-19-18(7-13(21)10-24-19)29-27-14-3-4-16(22)15(8-14)11-2-5-17-12(6-11)9-25-20(23)26-17/h2-10,27H,1H3,(H2,23,25,26). The number of aromatic nitrogens is 3. The minimum atomic E-state index is -0.335. The third-order valence-electron chi connectivity index (χ3n) is 4.13. The van der Waals surface area contributed by atoms with Crippen molar-refractivity contribution < 1.29 is 9.13 Å². The molecule has 2 heterocycles. The number of halogens is 2. The van der Waals surface area contributed by atoms with Gasteiger partial charge in [0.2, 0.25) is 11.8 Å². The molecule has 146 valence electrons. The van der Waals surface area contributed by atoms with Gasteiger partial charge in [-0.05, 0) is 53.9 Å². The Balaban J connectivity index is 1.63. The van der Waals surface area contributed by atoms with Crippen molar-refractivity contribution in [3.05, 3.63) is 65.7 Å². The number of nitrogen functional groups attached to an aromatic ring is 1. The highest BCUT2D eigenvalue weighted by molar-refractivity contribution is 8.00. The van der Waals surface area contributed by atoms with Gasteiger partial charge in [0.25, 0.3) is 0 Å². The van der Waals surface area contributed by atoms with Gasteiger partial charge in [-0.25, -0.2) is 19.3 Å². The van der Waals surface area contributed by atoms with Crippen LogP contribution in [0.5, 0.6) is 5.88 Å². The van der Waals surface area contributed by atoms with E-state index in [1.54, 1.807) is 36.5 Å². The molecule has 0 aliphatic heterocycles. The molecule has 9 heteroatoms. The first-order valence-corrected chi connectivity index (χ1v) is 9.67. The number of nitrogens with one attached hydrogen (secondary N) is 1. The lowest BCUT2D eigenvalue weighted by molar-refractivity contribution is 0.387. The van der Waals surface area contributed by atoms with E-state index in [0.717, 1.165) is 5.39 Å². The number of hydrogen-bond donors (Lipinski definition) is 2. The molecule has 0 aliphatic carbocycles. The topological polar surface area (TPSA) is 86.0 Å². The molecule has 0 unspecified atom stereocenters. The van der Waals surface area contributed by atoms with Gasteiger partial charge < -0.3 is 15.2 Å². The van der Waals surface area contributed by atoms with Crippen molar-refractivity contribution in [2.75, 3.05) is 17.6 Å². The largest absolute Gasteiger partial charge is 0.480 e. The number of rotatable bonds is 5. The quantitative estimate of drug-likeness (QED) is 0.423. The van der Waals surface area contributed by atoms with E-state index in [-0.39, 0.29) is 11.8 Å². The fraction of sp³-hybridized carbons (Fsp3) is 0.0500. The second-order valence-corrected chi connectivity index (χ2v) is 7.35. The molecule has 4 rings (SSSR count). The molecular weight excluding hydrogens is 413 g/mol. The molecule has 0 saturated heterocycles. The number of ether oxygens (including phenoxy) is 1. The lowest BCUT2D eigenvalue weighted by Gasteiger charge is -2.11. The summed E-state index contributed by atoms with van der Waals surface area (Å²) in [7, 11) is 1.54. The van der Waals surface area contributed by atoms with Gasteiger partial charge in [0.15, 0.2) is 0 Å². The Kier molecular flexibility index (Phi) is 5.37. The molecule has 0 fully saturated rings. The maximum atomic E-state index is 14.5. The molecule has 0 spiro atoms. The van der Waals surface area contributed by atoms with E-state index in [1.807, 2.05) is 6.07 Å². The number of nitrogens with two attached hydrogens (primary N) is 1. The molecule has 0 bridgehead atoms. The molecule has 2 aromatic carbocycles. The minimum Gasteiger partial charge on any atom is -0.480 e. The Morgan fingerprint density at radius 3 is 2.79 bits per heavy atom. The van der Waals surface area contributed by atoms with Crippen molar-refractivity contribution in [3.63, 3.8) is 0 Å². The van der Waals surface area contributed by atoms with E-state index in [0.29, 0.717) is 38.1 Å². The Labute approximate surface area is 175 Å². The lowest BCUT2D eigenvalue weighted by atomic mass is 10.0. The normalized spacial score (nSPS) is 10.9. The molecule has 6 nitrogen and oxygen atoms in total. The highest BCUT2D eigenvalue weighted by Crippen LogP contribution is 2.33. The molecule has 0 aliphatic rings. The second-order valence-electron chi connectivity index (χ2n) is 6.06. The number of fused-ring (bicyclic) bond motifs is 1. The predicted molar refractivity (Wildman–Crippen MR) is 115 cm³/mol. The smallest absolute Gasteiger partial charge is 0.228 e. The van der Waals surface area contributed by atoms with Crippen LogP contribution in [0.4, 0.5) is 16.0 Å². The third kappa shape index (κ3) is 4.18. The Morgan fingerprint density at radius 1 is 1.10 bits per heavy atom. The summed E-state index contributed by atoms with van der Waals surface area (Å²) in [6.45, 7) is 0. The summed E-state index contributed by atoms with van der Waals surface area (Å²) in [5.74, 6) is 0.312. The SMILES string of the molecule is COc1ncc(Cl)cc1SNc1ccc(F)c(-c2ccc3nc(N)ncc3c2)c1. The fourth-order valence-electron chi connectivity index (χ4n) is 2.77. The zero-order chi connectivity index (χ0) is 20.4. The van der Waals surface area contributed by atoms with Crippen LogP contribution in [0.1, 0.15) is 0 Å².